The molecule has 0 atom stereocenters. The van der Waals surface area contributed by atoms with Gasteiger partial charge in [-0.15, -0.1) is 0 Å². The molecule has 0 saturated carbocycles. The zero-order valence-electron chi connectivity index (χ0n) is 10.1. The first-order valence-electron chi connectivity index (χ1n) is 5.20. The van der Waals surface area contributed by atoms with Gasteiger partial charge in [0.1, 0.15) is 18.2 Å². The van der Waals surface area contributed by atoms with Gasteiger partial charge in [-0.05, 0) is 23.8 Å². The maximum absolute atomic E-state index is 10.5. The fourth-order valence-corrected chi connectivity index (χ4v) is 1.31. The van der Waals surface area contributed by atoms with Crippen LogP contribution in [-0.4, -0.2) is 4.92 Å². The number of nitro benzene ring substituents is 1. The Kier molecular flexibility index (Phi) is 4.58. The van der Waals surface area contributed by atoms with Crippen molar-refractivity contribution in [3.63, 3.8) is 0 Å². The molecular weight excluding hydrogens is 258 g/mol. The van der Waals surface area contributed by atoms with Crippen molar-refractivity contribution in [2.75, 3.05) is 0 Å². The molecule has 7 nitrogen and oxygen atoms in total. The van der Waals surface area contributed by atoms with Crippen molar-refractivity contribution >= 4 is 11.8 Å². The summed E-state index contributed by atoms with van der Waals surface area (Å²) < 4.78 is 0. The zero-order valence-corrected chi connectivity index (χ0v) is 10.1. The summed E-state index contributed by atoms with van der Waals surface area (Å²) in [5, 5.41) is 36.8. The predicted molar refractivity (Wildman–Crippen MR) is 69.1 cm³/mol. The fourth-order valence-electron chi connectivity index (χ4n) is 1.31. The van der Waals surface area contributed by atoms with Gasteiger partial charge in [-0.2, -0.15) is 15.8 Å². The van der Waals surface area contributed by atoms with Crippen LogP contribution in [0.1, 0.15) is 5.56 Å². The minimum Gasteiger partial charge on any atom is -0.396 e. The summed E-state index contributed by atoms with van der Waals surface area (Å²) in [4.78, 5) is 9.96. The Bertz CT molecular complexity index is 708. The van der Waals surface area contributed by atoms with Gasteiger partial charge < -0.3 is 5.73 Å². The number of rotatable bonds is 3. The summed E-state index contributed by atoms with van der Waals surface area (Å²) in [6.07, 6.45) is 1.34. The Morgan fingerprint density at radius 1 is 1.15 bits per heavy atom. The SMILES string of the molecule is N#CC(=Cc1ccc([N+](=O)[O-])cc1)C(N)=C(C#N)C#N. The van der Waals surface area contributed by atoms with E-state index in [0.29, 0.717) is 5.56 Å². The Labute approximate surface area is 114 Å². The molecule has 0 heterocycles. The van der Waals surface area contributed by atoms with E-state index < -0.39 is 4.92 Å². The van der Waals surface area contributed by atoms with Gasteiger partial charge in [0.05, 0.1) is 16.2 Å². The molecule has 0 aliphatic carbocycles. The Morgan fingerprint density at radius 3 is 2.10 bits per heavy atom. The van der Waals surface area contributed by atoms with E-state index in [1.165, 1.54) is 30.3 Å². The third-order valence-corrected chi connectivity index (χ3v) is 2.32. The topological polar surface area (TPSA) is 141 Å². The summed E-state index contributed by atoms with van der Waals surface area (Å²) in [7, 11) is 0. The second-order valence-corrected chi connectivity index (χ2v) is 3.53. The molecule has 7 heteroatoms. The highest BCUT2D eigenvalue weighted by atomic mass is 16.6. The number of nitriles is 3. The third-order valence-electron chi connectivity index (χ3n) is 2.32. The van der Waals surface area contributed by atoms with Crippen molar-refractivity contribution < 1.29 is 4.92 Å². The van der Waals surface area contributed by atoms with Crippen molar-refractivity contribution in [1.29, 1.82) is 15.8 Å². The van der Waals surface area contributed by atoms with Gasteiger partial charge in [-0.3, -0.25) is 10.1 Å². The van der Waals surface area contributed by atoms with Crippen LogP contribution >= 0.6 is 0 Å². The number of allylic oxidation sites excluding steroid dienone is 2. The number of hydrogen-bond acceptors (Lipinski definition) is 6. The predicted octanol–water partition coefficient (Wildman–Crippen LogP) is 1.76. The normalized spacial score (nSPS) is 9.75. The van der Waals surface area contributed by atoms with Gasteiger partial charge >= 0.3 is 0 Å². The van der Waals surface area contributed by atoms with Crippen LogP contribution in [-0.2, 0) is 0 Å². The standard InChI is InChI=1S/C13H7N5O2/c14-6-10(13(17)11(7-15)8-16)5-9-1-3-12(4-2-9)18(19)20/h1-5H,17H2. The molecule has 2 N–H and O–H groups in total. The molecule has 0 bridgehead atoms. The lowest BCUT2D eigenvalue weighted by Crippen LogP contribution is -2.03. The Hall–Kier alpha value is -3.63. The van der Waals surface area contributed by atoms with E-state index in [2.05, 4.69) is 0 Å². The van der Waals surface area contributed by atoms with Crippen molar-refractivity contribution in [3.8, 4) is 18.2 Å². The van der Waals surface area contributed by atoms with E-state index in [0.717, 1.165) is 0 Å². The molecule has 0 fully saturated rings. The fraction of sp³-hybridized carbons (Fsp3) is 0. The highest BCUT2D eigenvalue weighted by molar-refractivity contribution is 5.66. The summed E-state index contributed by atoms with van der Waals surface area (Å²) in [6.45, 7) is 0. The van der Waals surface area contributed by atoms with E-state index in [4.69, 9.17) is 21.5 Å². The molecule has 0 spiro atoms. The summed E-state index contributed by atoms with van der Waals surface area (Å²) in [6, 6.07) is 10.4. The first-order chi connectivity index (χ1) is 9.53. The molecule has 0 amide bonds. The lowest BCUT2D eigenvalue weighted by atomic mass is 10.1. The van der Waals surface area contributed by atoms with Crippen molar-refractivity contribution in [1.82, 2.24) is 0 Å². The second-order valence-electron chi connectivity index (χ2n) is 3.53. The molecular formula is C13H7N5O2. The molecule has 0 aliphatic rings. The summed E-state index contributed by atoms with van der Waals surface area (Å²) in [5.74, 6) is 0. The maximum Gasteiger partial charge on any atom is 0.269 e. The molecule has 1 rings (SSSR count). The second kappa shape index (κ2) is 6.34. The number of nitrogens with two attached hydrogens (primary N) is 1. The Balaban J connectivity index is 3.24. The van der Waals surface area contributed by atoms with Crippen molar-refractivity contribution in [2.45, 2.75) is 0 Å². The molecule has 1 aromatic carbocycles. The van der Waals surface area contributed by atoms with Crippen molar-refractivity contribution in [3.05, 3.63) is 56.8 Å². The van der Waals surface area contributed by atoms with E-state index in [9.17, 15) is 10.1 Å². The number of benzene rings is 1. The van der Waals surface area contributed by atoms with E-state index >= 15 is 0 Å². The smallest absolute Gasteiger partial charge is 0.269 e. The average molecular weight is 265 g/mol. The zero-order chi connectivity index (χ0) is 15.1. The lowest BCUT2D eigenvalue weighted by Gasteiger charge is -1.99. The summed E-state index contributed by atoms with van der Waals surface area (Å²) in [5.41, 5.74) is 5.32. The highest BCUT2D eigenvalue weighted by Crippen LogP contribution is 2.17. The molecule has 0 saturated heterocycles. The molecule has 20 heavy (non-hydrogen) atoms. The lowest BCUT2D eigenvalue weighted by molar-refractivity contribution is -0.384. The van der Waals surface area contributed by atoms with Crippen LogP contribution < -0.4 is 5.73 Å². The molecule has 0 unspecified atom stereocenters. The number of nitrogens with zero attached hydrogens (tertiary/aromatic N) is 4. The molecule has 1 aromatic rings. The van der Waals surface area contributed by atoms with Crippen LogP contribution in [0.15, 0.2) is 41.1 Å². The van der Waals surface area contributed by atoms with Gasteiger partial charge in [0.15, 0.2) is 5.57 Å². The van der Waals surface area contributed by atoms with E-state index in [1.54, 1.807) is 18.2 Å². The largest absolute Gasteiger partial charge is 0.396 e. The number of non-ortho nitro benzene ring substituents is 1. The first kappa shape index (κ1) is 14.4. The quantitative estimate of drug-likeness (QED) is 0.382. The Morgan fingerprint density at radius 2 is 1.70 bits per heavy atom. The number of hydrogen-bond donors (Lipinski definition) is 1. The molecule has 0 aromatic heterocycles. The molecule has 0 radical (unpaired) electrons. The van der Waals surface area contributed by atoms with Crippen LogP contribution in [0.4, 0.5) is 5.69 Å². The monoisotopic (exact) mass is 265 g/mol. The van der Waals surface area contributed by atoms with E-state index in [1.807, 2.05) is 0 Å². The van der Waals surface area contributed by atoms with Crippen LogP contribution in [0.25, 0.3) is 6.08 Å². The summed E-state index contributed by atoms with van der Waals surface area (Å²) >= 11 is 0. The van der Waals surface area contributed by atoms with E-state index in [-0.39, 0.29) is 22.5 Å². The van der Waals surface area contributed by atoms with Crippen LogP contribution in [0.3, 0.4) is 0 Å². The van der Waals surface area contributed by atoms with Gasteiger partial charge in [0.25, 0.3) is 5.69 Å². The van der Waals surface area contributed by atoms with Crippen molar-refractivity contribution in [2.24, 2.45) is 5.73 Å². The van der Waals surface area contributed by atoms with Crippen LogP contribution in [0.2, 0.25) is 0 Å². The third kappa shape index (κ3) is 3.19. The number of nitro groups is 1. The van der Waals surface area contributed by atoms with Gasteiger partial charge in [-0.25, -0.2) is 0 Å². The minimum absolute atomic E-state index is 0.0584. The molecule has 0 aliphatic heterocycles. The minimum atomic E-state index is -0.545. The average Bonchev–Trinajstić information content (AvgIpc) is 2.46. The van der Waals surface area contributed by atoms with Gasteiger partial charge in [-0.1, -0.05) is 0 Å². The van der Waals surface area contributed by atoms with Gasteiger partial charge in [0, 0.05) is 12.1 Å². The van der Waals surface area contributed by atoms with Crippen LogP contribution in [0.5, 0.6) is 0 Å². The van der Waals surface area contributed by atoms with Gasteiger partial charge in [0.2, 0.25) is 0 Å². The maximum atomic E-state index is 10.5. The highest BCUT2D eigenvalue weighted by Gasteiger charge is 2.09. The van der Waals surface area contributed by atoms with Crippen LogP contribution in [0, 0.1) is 44.1 Å². The molecule has 96 valence electrons. The first-order valence-corrected chi connectivity index (χ1v) is 5.20.